The second kappa shape index (κ2) is 3.48. The third kappa shape index (κ3) is 1.20. The molecule has 6 aliphatic rings. The van der Waals surface area contributed by atoms with Crippen LogP contribution in [0.5, 0.6) is 0 Å². The van der Waals surface area contributed by atoms with Gasteiger partial charge in [-0.05, 0) is 49.9 Å². The molecule has 5 unspecified atom stereocenters. The Hall–Kier alpha value is -0.160. The van der Waals surface area contributed by atoms with Crippen molar-refractivity contribution >= 4 is 0 Å². The van der Waals surface area contributed by atoms with Gasteiger partial charge >= 0.3 is 0 Å². The summed E-state index contributed by atoms with van der Waals surface area (Å²) < 4.78 is 0. The lowest BCUT2D eigenvalue weighted by Gasteiger charge is -2.65. The van der Waals surface area contributed by atoms with Crippen LogP contribution in [0.2, 0.25) is 0 Å². The van der Waals surface area contributed by atoms with Gasteiger partial charge in [-0.15, -0.1) is 0 Å². The van der Waals surface area contributed by atoms with E-state index in [1.54, 1.807) is 0 Å². The third-order valence-corrected chi connectivity index (χ3v) is 6.32. The van der Waals surface area contributed by atoms with Crippen LogP contribution in [0.1, 0.15) is 32.1 Å². The van der Waals surface area contributed by atoms with E-state index in [-0.39, 0.29) is 0 Å². The molecule has 0 aromatic rings. The molecule has 2 heterocycles. The zero-order chi connectivity index (χ0) is 11.7. The molecule has 5 atom stereocenters. The van der Waals surface area contributed by atoms with Crippen LogP contribution in [0.3, 0.4) is 0 Å². The van der Waals surface area contributed by atoms with Gasteiger partial charge in [-0.1, -0.05) is 0 Å². The highest BCUT2D eigenvalue weighted by atomic mass is 17.2. The molecule has 4 bridgehead atoms. The summed E-state index contributed by atoms with van der Waals surface area (Å²) in [5.74, 6) is 3.36. The molecule has 18 heavy (non-hydrogen) atoms. The van der Waals surface area contributed by atoms with Gasteiger partial charge in [0.1, 0.15) is 25.4 Å². The summed E-state index contributed by atoms with van der Waals surface area (Å²) in [6.45, 7) is 1.57. The smallest absolute Gasteiger partial charge is 0.125 e. The first-order chi connectivity index (χ1) is 8.85. The summed E-state index contributed by atoms with van der Waals surface area (Å²) in [6, 6.07) is 0. The van der Waals surface area contributed by atoms with Crippen LogP contribution in [0.25, 0.3) is 0 Å². The minimum absolute atomic E-state index is 0.319. The zero-order valence-electron chi connectivity index (χ0n) is 10.5. The fourth-order valence-corrected chi connectivity index (χ4v) is 6.00. The Kier molecular flexibility index (Phi) is 2.05. The van der Waals surface area contributed by atoms with Gasteiger partial charge in [0.25, 0.3) is 0 Å². The van der Waals surface area contributed by atoms with Crippen molar-refractivity contribution in [3.8, 4) is 0 Å². The quantitative estimate of drug-likeness (QED) is 0.705. The predicted octanol–water partition coefficient (Wildman–Crippen LogP) is 2.09. The van der Waals surface area contributed by atoms with Gasteiger partial charge in [0.15, 0.2) is 0 Å². The molecule has 0 radical (unpaired) electrons. The Morgan fingerprint density at radius 2 is 1.50 bits per heavy atom. The van der Waals surface area contributed by atoms with E-state index in [4.69, 9.17) is 19.6 Å². The summed E-state index contributed by atoms with van der Waals surface area (Å²) in [7, 11) is 0. The maximum atomic E-state index is 5.47. The van der Waals surface area contributed by atoms with Gasteiger partial charge in [0.2, 0.25) is 0 Å². The topological polar surface area (TPSA) is 36.9 Å². The molecule has 0 amide bonds. The first-order valence-electron chi connectivity index (χ1n) is 7.42. The number of hydrogen-bond donors (Lipinski definition) is 0. The van der Waals surface area contributed by atoms with Crippen LogP contribution in [0.15, 0.2) is 0 Å². The molecule has 0 aromatic carbocycles. The zero-order valence-corrected chi connectivity index (χ0v) is 10.5. The van der Waals surface area contributed by atoms with Crippen molar-refractivity contribution in [3.63, 3.8) is 0 Å². The van der Waals surface area contributed by atoms with Crippen molar-refractivity contribution < 1.29 is 19.6 Å². The van der Waals surface area contributed by atoms with Crippen molar-refractivity contribution in [2.24, 2.45) is 29.1 Å². The second-order valence-corrected chi connectivity index (χ2v) is 7.16. The molecule has 4 aliphatic carbocycles. The van der Waals surface area contributed by atoms with Gasteiger partial charge < -0.3 is 0 Å². The van der Waals surface area contributed by atoms with Crippen LogP contribution < -0.4 is 0 Å². The van der Waals surface area contributed by atoms with E-state index < -0.39 is 0 Å². The highest BCUT2D eigenvalue weighted by Crippen LogP contribution is 2.66. The van der Waals surface area contributed by atoms with Gasteiger partial charge in [0, 0.05) is 11.3 Å². The Morgan fingerprint density at radius 3 is 2.00 bits per heavy atom. The Bertz CT molecular complexity index is 349. The van der Waals surface area contributed by atoms with Crippen LogP contribution in [-0.4, -0.2) is 25.4 Å². The lowest BCUT2D eigenvalue weighted by Crippen LogP contribution is -2.66. The molecule has 0 spiro atoms. The van der Waals surface area contributed by atoms with Crippen LogP contribution >= 0.6 is 0 Å². The maximum absolute atomic E-state index is 5.47. The molecule has 6 rings (SSSR count). The molecule has 4 saturated carbocycles. The van der Waals surface area contributed by atoms with Crippen molar-refractivity contribution in [1.29, 1.82) is 0 Å². The predicted molar refractivity (Wildman–Crippen MR) is 61.1 cm³/mol. The molecule has 0 N–H and O–H groups in total. The molecular formula is C14H20O4. The lowest BCUT2D eigenvalue weighted by molar-refractivity contribution is -0.484. The van der Waals surface area contributed by atoms with Crippen molar-refractivity contribution in [2.75, 3.05) is 13.2 Å². The van der Waals surface area contributed by atoms with E-state index in [0.717, 1.165) is 31.0 Å². The van der Waals surface area contributed by atoms with Crippen molar-refractivity contribution in [1.82, 2.24) is 0 Å². The first kappa shape index (κ1) is 10.6. The second-order valence-electron chi connectivity index (χ2n) is 7.16. The summed E-state index contributed by atoms with van der Waals surface area (Å²) in [5.41, 5.74) is 0.335. The largest absolute Gasteiger partial charge is 0.233 e. The monoisotopic (exact) mass is 252 g/mol. The minimum atomic E-state index is 0.319. The molecule has 2 saturated heterocycles. The van der Waals surface area contributed by atoms with E-state index in [0.29, 0.717) is 23.5 Å². The van der Waals surface area contributed by atoms with Gasteiger partial charge in [0.05, 0.1) is 0 Å². The lowest BCUT2D eigenvalue weighted by atomic mass is 9.42. The molecule has 100 valence electrons. The fraction of sp³-hybridized carbons (Fsp3) is 1.00. The summed E-state index contributed by atoms with van der Waals surface area (Å²) in [6.07, 6.45) is 7.59. The molecule has 4 nitrogen and oxygen atoms in total. The van der Waals surface area contributed by atoms with Gasteiger partial charge in [-0.3, -0.25) is 0 Å². The van der Waals surface area contributed by atoms with Crippen molar-refractivity contribution in [2.45, 2.75) is 44.3 Å². The molecule has 6 fully saturated rings. The highest BCUT2D eigenvalue weighted by Gasteiger charge is 2.65. The van der Waals surface area contributed by atoms with E-state index in [2.05, 4.69) is 0 Å². The summed E-state index contributed by atoms with van der Waals surface area (Å²) in [5, 5.41) is 0. The first-order valence-corrected chi connectivity index (χ1v) is 7.42. The van der Waals surface area contributed by atoms with Crippen LogP contribution in [0, 0.1) is 29.1 Å². The summed E-state index contributed by atoms with van der Waals surface area (Å²) >= 11 is 0. The average molecular weight is 252 g/mol. The molecule has 2 aliphatic heterocycles. The Balaban J connectivity index is 1.54. The molecule has 4 heteroatoms. The van der Waals surface area contributed by atoms with E-state index in [1.807, 2.05) is 0 Å². The van der Waals surface area contributed by atoms with E-state index in [1.165, 1.54) is 32.1 Å². The minimum Gasteiger partial charge on any atom is -0.233 e. The normalized spacial score (nSPS) is 61.3. The maximum Gasteiger partial charge on any atom is 0.125 e. The SMILES string of the molecule is C1C2CC3CC1CC(C1COO1)(C2)C3C1COO1. The third-order valence-electron chi connectivity index (χ3n) is 6.32. The van der Waals surface area contributed by atoms with E-state index in [9.17, 15) is 0 Å². The van der Waals surface area contributed by atoms with Crippen LogP contribution in [-0.2, 0) is 19.6 Å². The number of hydrogen-bond acceptors (Lipinski definition) is 4. The van der Waals surface area contributed by atoms with E-state index >= 15 is 0 Å². The van der Waals surface area contributed by atoms with Crippen molar-refractivity contribution in [3.05, 3.63) is 0 Å². The number of rotatable bonds is 2. The standard InChI is InChI=1S/C14H20O4/c1-8-2-10-3-9(1)5-14(4-8,12-7-16-18-12)13(10)11-6-15-17-11/h8-13H,1-7H2. The van der Waals surface area contributed by atoms with Gasteiger partial charge in [-0.2, -0.15) is 0 Å². The van der Waals surface area contributed by atoms with Gasteiger partial charge in [-0.25, -0.2) is 19.6 Å². The molecular weight excluding hydrogens is 232 g/mol. The molecule has 0 aromatic heterocycles. The fourth-order valence-electron chi connectivity index (χ4n) is 6.00. The highest BCUT2D eigenvalue weighted by molar-refractivity contribution is 5.11. The Morgan fingerprint density at radius 1 is 0.833 bits per heavy atom. The van der Waals surface area contributed by atoms with Crippen LogP contribution in [0.4, 0.5) is 0 Å². The summed E-state index contributed by atoms with van der Waals surface area (Å²) in [4.78, 5) is 20.9. The Labute approximate surface area is 107 Å². The average Bonchev–Trinajstić information content (AvgIpc) is 2.16.